The molecular formula is C13H23N5O7. The summed E-state index contributed by atoms with van der Waals surface area (Å²) in [5.74, 6) is -4.87. The molecule has 12 heteroatoms. The minimum atomic E-state index is -1.51. The van der Waals surface area contributed by atoms with E-state index in [1.807, 2.05) is 5.32 Å². The summed E-state index contributed by atoms with van der Waals surface area (Å²) in [5, 5.41) is 24.5. The highest BCUT2D eigenvalue weighted by Gasteiger charge is 2.31. The average molecular weight is 361 g/mol. The van der Waals surface area contributed by atoms with Gasteiger partial charge in [0.1, 0.15) is 18.6 Å². The van der Waals surface area contributed by atoms with Crippen molar-refractivity contribution >= 4 is 29.6 Å². The Morgan fingerprint density at radius 1 is 1.00 bits per heavy atom. The number of nitrogens with one attached hydrogen (secondary N) is 3. The molecule has 0 aliphatic heterocycles. The summed E-state index contributed by atoms with van der Waals surface area (Å²) >= 11 is 0. The van der Waals surface area contributed by atoms with Gasteiger partial charge in [-0.05, 0) is 13.8 Å². The summed E-state index contributed by atoms with van der Waals surface area (Å²) in [5.41, 5.74) is 10.4. The van der Waals surface area contributed by atoms with E-state index in [2.05, 4.69) is 10.6 Å². The Morgan fingerprint density at radius 3 is 1.96 bits per heavy atom. The van der Waals surface area contributed by atoms with Crippen LogP contribution in [0.1, 0.15) is 20.3 Å². The van der Waals surface area contributed by atoms with Gasteiger partial charge < -0.3 is 37.6 Å². The number of hydrogen-bond acceptors (Lipinski definition) is 7. The predicted octanol–water partition coefficient (Wildman–Crippen LogP) is -4.24. The first-order valence-corrected chi connectivity index (χ1v) is 7.27. The number of primary amides is 1. The van der Waals surface area contributed by atoms with E-state index in [1.54, 1.807) is 0 Å². The van der Waals surface area contributed by atoms with E-state index < -0.39 is 66.8 Å². The molecule has 0 spiro atoms. The number of carboxylic acids is 1. The van der Waals surface area contributed by atoms with Gasteiger partial charge in [-0.3, -0.25) is 24.0 Å². The van der Waals surface area contributed by atoms with Crippen molar-refractivity contribution in [3.63, 3.8) is 0 Å². The predicted molar refractivity (Wildman–Crippen MR) is 83.6 cm³/mol. The highest BCUT2D eigenvalue weighted by Crippen LogP contribution is 1.99. The molecular weight excluding hydrogens is 338 g/mol. The minimum Gasteiger partial charge on any atom is -0.480 e. The minimum absolute atomic E-state index is 0.562. The molecule has 0 heterocycles. The highest BCUT2D eigenvalue weighted by atomic mass is 16.4. The van der Waals surface area contributed by atoms with E-state index in [0.717, 1.165) is 0 Å². The van der Waals surface area contributed by atoms with E-state index in [0.29, 0.717) is 0 Å². The molecule has 142 valence electrons. The molecule has 0 aliphatic rings. The van der Waals surface area contributed by atoms with Gasteiger partial charge in [0.15, 0.2) is 0 Å². The van der Waals surface area contributed by atoms with Gasteiger partial charge in [-0.2, -0.15) is 0 Å². The molecule has 0 aromatic rings. The summed E-state index contributed by atoms with van der Waals surface area (Å²) in [6.45, 7) is 1.82. The quantitative estimate of drug-likeness (QED) is 0.202. The van der Waals surface area contributed by atoms with Crippen molar-refractivity contribution in [3.8, 4) is 0 Å². The molecule has 25 heavy (non-hydrogen) atoms. The Labute approximate surface area is 143 Å². The van der Waals surface area contributed by atoms with Crippen LogP contribution in [0.25, 0.3) is 0 Å². The number of hydrogen-bond donors (Lipinski definition) is 7. The van der Waals surface area contributed by atoms with Crippen molar-refractivity contribution in [3.05, 3.63) is 0 Å². The monoisotopic (exact) mass is 361 g/mol. The van der Waals surface area contributed by atoms with Crippen LogP contribution >= 0.6 is 0 Å². The van der Waals surface area contributed by atoms with Gasteiger partial charge in [-0.25, -0.2) is 0 Å². The Hall–Kier alpha value is -2.73. The third kappa shape index (κ3) is 8.62. The second-order valence-electron chi connectivity index (χ2n) is 5.36. The Morgan fingerprint density at radius 2 is 1.56 bits per heavy atom. The molecule has 0 saturated heterocycles. The van der Waals surface area contributed by atoms with Crippen molar-refractivity contribution in [2.24, 2.45) is 11.5 Å². The number of carbonyl (C=O) groups is 5. The van der Waals surface area contributed by atoms with Crippen LogP contribution in [0.5, 0.6) is 0 Å². The number of amides is 4. The fraction of sp³-hybridized carbons (Fsp3) is 0.615. The Balaban J connectivity index is 5.11. The van der Waals surface area contributed by atoms with Crippen LogP contribution in [0.4, 0.5) is 0 Å². The molecule has 9 N–H and O–H groups in total. The number of carboxylic acid groups (broad SMARTS) is 1. The highest BCUT2D eigenvalue weighted by molar-refractivity contribution is 5.95. The molecule has 0 aliphatic carbocycles. The van der Waals surface area contributed by atoms with Crippen LogP contribution in [0.2, 0.25) is 0 Å². The zero-order chi connectivity index (χ0) is 19.7. The lowest BCUT2D eigenvalue weighted by atomic mass is 10.1. The molecule has 4 atom stereocenters. The van der Waals surface area contributed by atoms with Gasteiger partial charge in [-0.1, -0.05) is 0 Å². The topological polar surface area (TPSA) is 214 Å². The molecule has 0 fully saturated rings. The van der Waals surface area contributed by atoms with Crippen LogP contribution in [0.3, 0.4) is 0 Å². The number of carbonyl (C=O) groups excluding carboxylic acids is 4. The smallest absolute Gasteiger partial charge is 0.322 e. The lowest BCUT2D eigenvalue weighted by Crippen LogP contribution is -2.59. The second-order valence-corrected chi connectivity index (χ2v) is 5.36. The molecule has 0 rings (SSSR count). The first-order valence-electron chi connectivity index (χ1n) is 7.27. The Kier molecular flexibility index (Phi) is 9.09. The number of rotatable bonds is 10. The van der Waals surface area contributed by atoms with E-state index in [9.17, 15) is 29.1 Å². The molecule has 0 radical (unpaired) electrons. The standard InChI is InChI=1S/C13H23N5O7/c1-5(14)11(23)17-7(3-8(15)20)12(24)18-10(6(2)19)13(25)16-4-9(21)22/h5-7,10,19H,3-4,14H2,1-2H3,(H2,15,20)(H,16,25)(H,17,23)(H,18,24)(H,21,22). The van der Waals surface area contributed by atoms with E-state index in [1.165, 1.54) is 13.8 Å². The SMILES string of the molecule is CC(N)C(=O)NC(CC(N)=O)C(=O)NC(C(=O)NCC(=O)O)C(C)O. The normalized spacial score (nSPS) is 15.2. The van der Waals surface area contributed by atoms with Gasteiger partial charge in [0.2, 0.25) is 23.6 Å². The molecule has 12 nitrogen and oxygen atoms in total. The number of aliphatic hydroxyl groups is 1. The van der Waals surface area contributed by atoms with Crippen LogP contribution in [-0.2, 0) is 24.0 Å². The first-order chi connectivity index (χ1) is 11.5. The maximum atomic E-state index is 12.2. The van der Waals surface area contributed by atoms with E-state index in [-0.39, 0.29) is 0 Å². The van der Waals surface area contributed by atoms with Gasteiger partial charge >= 0.3 is 5.97 Å². The molecule has 0 bridgehead atoms. The van der Waals surface area contributed by atoms with Crippen LogP contribution < -0.4 is 27.4 Å². The Bertz CT molecular complexity index is 535. The van der Waals surface area contributed by atoms with Crippen molar-refractivity contribution in [1.29, 1.82) is 0 Å². The van der Waals surface area contributed by atoms with Crippen molar-refractivity contribution in [2.45, 2.75) is 44.5 Å². The lowest BCUT2D eigenvalue weighted by molar-refractivity contribution is -0.139. The van der Waals surface area contributed by atoms with Gasteiger partial charge in [0, 0.05) is 0 Å². The lowest BCUT2D eigenvalue weighted by Gasteiger charge is -2.24. The summed E-state index contributed by atoms with van der Waals surface area (Å²) in [4.78, 5) is 57.2. The number of aliphatic carboxylic acids is 1. The number of aliphatic hydroxyl groups excluding tert-OH is 1. The summed E-state index contributed by atoms with van der Waals surface area (Å²) in [6, 6.07) is -3.88. The third-order valence-corrected chi connectivity index (χ3v) is 2.93. The molecule has 0 aromatic heterocycles. The first kappa shape index (κ1) is 22.3. The number of nitrogens with two attached hydrogens (primary N) is 2. The van der Waals surface area contributed by atoms with Gasteiger partial charge in [-0.15, -0.1) is 0 Å². The van der Waals surface area contributed by atoms with Crippen LogP contribution in [0.15, 0.2) is 0 Å². The van der Waals surface area contributed by atoms with Crippen molar-refractivity contribution in [1.82, 2.24) is 16.0 Å². The van der Waals surface area contributed by atoms with E-state index >= 15 is 0 Å². The summed E-state index contributed by atoms with van der Waals surface area (Å²) in [6.07, 6.45) is -1.94. The fourth-order valence-corrected chi connectivity index (χ4v) is 1.65. The molecule has 4 amide bonds. The maximum absolute atomic E-state index is 12.2. The van der Waals surface area contributed by atoms with Gasteiger partial charge in [0.25, 0.3) is 0 Å². The van der Waals surface area contributed by atoms with Gasteiger partial charge in [0.05, 0.1) is 18.6 Å². The van der Waals surface area contributed by atoms with E-state index in [4.69, 9.17) is 16.6 Å². The average Bonchev–Trinajstić information content (AvgIpc) is 2.48. The van der Waals surface area contributed by atoms with Crippen molar-refractivity contribution in [2.75, 3.05) is 6.54 Å². The molecule has 0 saturated carbocycles. The van der Waals surface area contributed by atoms with Crippen molar-refractivity contribution < 1.29 is 34.2 Å². The molecule has 4 unspecified atom stereocenters. The van der Waals surface area contributed by atoms with Crippen LogP contribution in [0, 0.1) is 0 Å². The summed E-state index contributed by atoms with van der Waals surface area (Å²) in [7, 11) is 0. The fourth-order valence-electron chi connectivity index (χ4n) is 1.65. The largest absolute Gasteiger partial charge is 0.480 e. The zero-order valence-electron chi connectivity index (χ0n) is 13.8. The summed E-state index contributed by atoms with van der Waals surface area (Å²) < 4.78 is 0. The van der Waals surface area contributed by atoms with Crippen LogP contribution in [-0.4, -0.2) is 70.6 Å². The molecule has 0 aromatic carbocycles. The second kappa shape index (κ2) is 10.2. The third-order valence-electron chi connectivity index (χ3n) is 2.93. The zero-order valence-corrected chi connectivity index (χ0v) is 13.8. The maximum Gasteiger partial charge on any atom is 0.322 e.